The molecule has 1 N–H and O–H groups in total. The standard InChI is InChI=1S/C10H6ClN3O2/c11-7-3-8-6(1-2-12)5-14(10(15)16)9(8)13-4-7/h3-5H,1H2,(H,15,16). The van der Waals surface area contributed by atoms with Crippen LogP contribution in [0.15, 0.2) is 18.5 Å². The third-order valence-corrected chi connectivity index (χ3v) is 2.37. The van der Waals surface area contributed by atoms with Crippen LogP contribution in [0.2, 0.25) is 5.02 Å². The number of halogens is 1. The number of carbonyl (C=O) groups is 1. The third-order valence-electron chi connectivity index (χ3n) is 2.17. The first-order chi connectivity index (χ1) is 7.63. The zero-order valence-corrected chi connectivity index (χ0v) is 8.77. The predicted molar refractivity (Wildman–Crippen MR) is 57.5 cm³/mol. The lowest BCUT2D eigenvalue weighted by molar-refractivity contribution is 0.197. The average molecular weight is 236 g/mol. The minimum Gasteiger partial charge on any atom is -0.464 e. The summed E-state index contributed by atoms with van der Waals surface area (Å²) >= 11 is 5.78. The van der Waals surface area contributed by atoms with Crippen molar-refractivity contribution >= 4 is 28.7 Å². The predicted octanol–water partition coefficient (Wildman–Crippen LogP) is 2.28. The molecule has 0 saturated heterocycles. The third kappa shape index (κ3) is 1.59. The van der Waals surface area contributed by atoms with Crippen molar-refractivity contribution in [2.24, 2.45) is 0 Å². The molecule has 0 bridgehead atoms. The summed E-state index contributed by atoms with van der Waals surface area (Å²) < 4.78 is 0.984. The van der Waals surface area contributed by atoms with E-state index in [0.29, 0.717) is 21.6 Å². The van der Waals surface area contributed by atoms with Gasteiger partial charge < -0.3 is 5.11 Å². The average Bonchev–Trinajstić information content (AvgIpc) is 2.58. The van der Waals surface area contributed by atoms with E-state index in [9.17, 15) is 4.79 Å². The molecule has 2 heterocycles. The SMILES string of the molecule is N#CCc1cn(C(=O)O)c2ncc(Cl)cc12. The normalized spacial score (nSPS) is 10.2. The van der Waals surface area contributed by atoms with Crippen LogP contribution in [-0.2, 0) is 6.42 Å². The van der Waals surface area contributed by atoms with Gasteiger partial charge in [0.2, 0.25) is 0 Å². The van der Waals surface area contributed by atoms with Crippen LogP contribution in [0.1, 0.15) is 5.56 Å². The Hall–Kier alpha value is -2.06. The quantitative estimate of drug-likeness (QED) is 0.822. The first-order valence-corrected chi connectivity index (χ1v) is 4.77. The summed E-state index contributed by atoms with van der Waals surface area (Å²) in [5.74, 6) is 0. The van der Waals surface area contributed by atoms with E-state index in [1.807, 2.05) is 6.07 Å². The first kappa shape index (κ1) is 10.5. The molecule has 0 spiro atoms. The van der Waals surface area contributed by atoms with E-state index in [1.165, 1.54) is 12.4 Å². The molecular weight excluding hydrogens is 230 g/mol. The van der Waals surface area contributed by atoms with Gasteiger partial charge in [-0.1, -0.05) is 11.6 Å². The molecule has 0 aliphatic carbocycles. The van der Waals surface area contributed by atoms with Crippen molar-refractivity contribution < 1.29 is 9.90 Å². The van der Waals surface area contributed by atoms with Crippen molar-refractivity contribution in [3.63, 3.8) is 0 Å². The molecule has 0 aliphatic rings. The summed E-state index contributed by atoms with van der Waals surface area (Å²) in [4.78, 5) is 14.9. The second-order valence-electron chi connectivity index (χ2n) is 3.17. The van der Waals surface area contributed by atoms with Gasteiger partial charge in [0.1, 0.15) is 5.65 Å². The minimum absolute atomic E-state index is 0.124. The molecule has 0 unspecified atom stereocenters. The van der Waals surface area contributed by atoms with E-state index < -0.39 is 6.09 Å². The zero-order valence-electron chi connectivity index (χ0n) is 8.01. The van der Waals surface area contributed by atoms with Crippen LogP contribution in [-0.4, -0.2) is 20.8 Å². The molecule has 2 aromatic rings. The fraction of sp³-hybridized carbons (Fsp3) is 0.100. The van der Waals surface area contributed by atoms with Crippen LogP contribution in [0, 0.1) is 11.3 Å². The van der Waals surface area contributed by atoms with E-state index >= 15 is 0 Å². The van der Waals surface area contributed by atoms with E-state index in [4.69, 9.17) is 22.0 Å². The van der Waals surface area contributed by atoms with Crippen LogP contribution >= 0.6 is 11.6 Å². The van der Waals surface area contributed by atoms with Crippen molar-refractivity contribution in [3.05, 3.63) is 29.0 Å². The number of hydrogen-bond acceptors (Lipinski definition) is 3. The van der Waals surface area contributed by atoms with Crippen molar-refractivity contribution in [1.29, 1.82) is 5.26 Å². The molecule has 0 aromatic carbocycles. The Morgan fingerprint density at radius 2 is 2.44 bits per heavy atom. The van der Waals surface area contributed by atoms with Crippen molar-refractivity contribution in [2.75, 3.05) is 0 Å². The summed E-state index contributed by atoms with van der Waals surface area (Å²) in [5.41, 5.74) is 0.900. The maximum Gasteiger partial charge on any atom is 0.417 e. The van der Waals surface area contributed by atoms with Gasteiger partial charge >= 0.3 is 6.09 Å². The highest BCUT2D eigenvalue weighted by molar-refractivity contribution is 6.31. The lowest BCUT2D eigenvalue weighted by Crippen LogP contribution is -2.06. The highest BCUT2D eigenvalue weighted by atomic mass is 35.5. The Morgan fingerprint density at radius 1 is 1.69 bits per heavy atom. The molecule has 0 fully saturated rings. The number of pyridine rings is 1. The number of nitrogens with zero attached hydrogens (tertiary/aromatic N) is 3. The summed E-state index contributed by atoms with van der Waals surface area (Å²) in [6.45, 7) is 0. The first-order valence-electron chi connectivity index (χ1n) is 4.39. The van der Waals surface area contributed by atoms with Gasteiger partial charge in [-0.05, 0) is 11.6 Å². The maximum atomic E-state index is 10.9. The zero-order chi connectivity index (χ0) is 11.7. The Kier molecular flexibility index (Phi) is 2.50. The van der Waals surface area contributed by atoms with Gasteiger partial charge in [0.25, 0.3) is 0 Å². The van der Waals surface area contributed by atoms with Gasteiger partial charge in [-0.2, -0.15) is 5.26 Å². The molecule has 2 aromatic heterocycles. The molecule has 6 heteroatoms. The summed E-state index contributed by atoms with van der Waals surface area (Å²) in [7, 11) is 0. The van der Waals surface area contributed by atoms with Crippen molar-refractivity contribution in [2.45, 2.75) is 6.42 Å². The van der Waals surface area contributed by atoms with Gasteiger partial charge in [0, 0.05) is 17.8 Å². The van der Waals surface area contributed by atoms with Gasteiger partial charge in [0.15, 0.2) is 0 Å². The molecule has 0 aliphatic heterocycles. The number of rotatable bonds is 1. The van der Waals surface area contributed by atoms with E-state index in [2.05, 4.69) is 4.98 Å². The van der Waals surface area contributed by atoms with E-state index in [-0.39, 0.29) is 6.42 Å². The fourth-order valence-corrected chi connectivity index (χ4v) is 1.68. The van der Waals surface area contributed by atoms with Crippen LogP contribution in [0.4, 0.5) is 4.79 Å². The summed E-state index contributed by atoms with van der Waals surface area (Å²) in [6, 6.07) is 3.58. The summed E-state index contributed by atoms with van der Waals surface area (Å²) in [6.07, 6.45) is 1.75. The van der Waals surface area contributed by atoms with Crippen LogP contribution < -0.4 is 0 Å². The lowest BCUT2D eigenvalue weighted by atomic mass is 10.2. The minimum atomic E-state index is -1.14. The Bertz CT molecular complexity index is 612. The van der Waals surface area contributed by atoms with Crippen LogP contribution in [0.3, 0.4) is 0 Å². The van der Waals surface area contributed by atoms with Crippen molar-refractivity contribution in [1.82, 2.24) is 9.55 Å². The highest BCUT2D eigenvalue weighted by Crippen LogP contribution is 2.23. The molecule has 0 atom stereocenters. The van der Waals surface area contributed by atoms with Crippen LogP contribution in [0.5, 0.6) is 0 Å². The van der Waals surface area contributed by atoms with Crippen LogP contribution in [0.25, 0.3) is 11.0 Å². The van der Waals surface area contributed by atoms with E-state index in [1.54, 1.807) is 6.07 Å². The number of fused-ring (bicyclic) bond motifs is 1. The summed E-state index contributed by atoms with van der Waals surface area (Å²) in [5, 5.41) is 18.6. The number of aromatic nitrogens is 2. The molecule has 0 radical (unpaired) electrons. The number of nitriles is 1. The topological polar surface area (TPSA) is 78.9 Å². The molecule has 5 nitrogen and oxygen atoms in total. The highest BCUT2D eigenvalue weighted by Gasteiger charge is 2.13. The largest absolute Gasteiger partial charge is 0.464 e. The monoisotopic (exact) mass is 235 g/mol. The molecule has 80 valence electrons. The molecule has 0 saturated carbocycles. The smallest absolute Gasteiger partial charge is 0.417 e. The number of hydrogen-bond donors (Lipinski definition) is 1. The van der Waals surface area contributed by atoms with E-state index in [0.717, 1.165) is 4.57 Å². The van der Waals surface area contributed by atoms with Gasteiger partial charge in [-0.15, -0.1) is 0 Å². The second-order valence-corrected chi connectivity index (χ2v) is 3.60. The Labute approximate surface area is 95.5 Å². The number of carboxylic acid groups (broad SMARTS) is 1. The molecule has 0 amide bonds. The molecule has 2 rings (SSSR count). The lowest BCUT2D eigenvalue weighted by Gasteiger charge is -1.96. The molecular formula is C10H6ClN3O2. The maximum absolute atomic E-state index is 10.9. The van der Waals surface area contributed by atoms with Gasteiger partial charge in [0.05, 0.1) is 17.5 Å². The molecule has 16 heavy (non-hydrogen) atoms. The Balaban J connectivity index is 2.77. The van der Waals surface area contributed by atoms with Crippen molar-refractivity contribution in [3.8, 4) is 6.07 Å². The fourth-order valence-electron chi connectivity index (χ4n) is 1.52. The van der Waals surface area contributed by atoms with Gasteiger partial charge in [-0.3, -0.25) is 0 Å². The Morgan fingerprint density at radius 3 is 3.06 bits per heavy atom. The van der Waals surface area contributed by atoms with Gasteiger partial charge in [-0.25, -0.2) is 14.3 Å². The second kappa shape index (κ2) is 3.83.